The molecule has 0 saturated carbocycles. The Morgan fingerprint density at radius 1 is 1.44 bits per heavy atom. The van der Waals surface area contributed by atoms with Gasteiger partial charge in [0.15, 0.2) is 0 Å². The van der Waals surface area contributed by atoms with Gasteiger partial charge >= 0.3 is 0 Å². The summed E-state index contributed by atoms with van der Waals surface area (Å²) in [6.45, 7) is 11.1. The van der Waals surface area contributed by atoms with Crippen LogP contribution in [0.25, 0.3) is 0 Å². The van der Waals surface area contributed by atoms with Gasteiger partial charge in [0.25, 0.3) is 0 Å². The summed E-state index contributed by atoms with van der Waals surface area (Å²) in [7, 11) is 1.92. The number of hydrogen-bond acceptors (Lipinski definition) is 4. The van der Waals surface area contributed by atoms with Gasteiger partial charge in [-0.1, -0.05) is 26.0 Å². The first-order valence-corrected chi connectivity index (χ1v) is 6.76. The zero-order valence-electron chi connectivity index (χ0n) is 12.0. The molecule has 5 heteroatoms. The molecule has 0 spiro atoms. The fourth-order valence-electron chi connectivity index (χ4n) is 2.41. The summed E-state index contributed by atoms with van der Waals surface area (Å²) >= 11 is 0. The van der Waals surface area contributed by atoms with Gasteiger partial charge in [0.2, 0.25) is 0 Å². The Bertz CT molecular complexity index is 379. The van der Waals surface area contributed by atoms with Crippen LogP contribution in [0.3, 0.4) is 0 Å². The molecule has 2 rings (SSSR count). The van der Waals surface area contributed by atoms with Crippen molar-refractivity contribution in [1.82, 2.24) is 25.2 Å². The van der Waals surface area contributed by atoms with Crippen molar-refractivity contribution in [2.45, 2.75) is 39.8 Å². The maximum Gasteiger partial charge on any atom is 0.0967 e. The fourth-order valence-corrected chi connectivity index (χ4v) is 2.41. The van der Waals surface area contributed by atoms with Gasteiger partial charge in [-0.25, -0.2) is 0 Å². The van der Waals surface area contributed by atoms with E-state index in [4.69, 9.17) is 0 Å². The van der Waals surface area contributed by atoms with Crippen LogP contribution in [-0.4, -0.2) is 45.6 Å². The van der Waals surface area contributed by atoms with E-state index in [1.54, 1.807) is 4.68 Å². The highest BCUT2D eigenvalue weighted by atomic mass is 15.4. The van der Waals surface area contributed by atoms with Crippen LogP contribution in [0, 0.1) is 5.41 Å². The number of nitrogens with one attached hydrogen (secondary N) is 1. The van der Waals surface area contributed by atoms with Crippen molar-refractivity contribution < 1.29 is 0 Å². The highest BCUT2D eigenvalue weighted by molar-refractivity contribution is 4.94. The van der Waals surface area contributed by atoms with Gasteiger partial charge < -0.3 is 5.32 Å². The summed E-state index contributed by atoms with van der Waals surface area (Å²) in [5.74, 6) is 0. The SMILES string of the molecule is Cn1cc(CN2CCCNC(C(C)(C)C)C2)nn1. The molecule has 5 nitrogen and oxygen atoms in total. The molecular formula is C13H25N5. The second-order valence-corrected chi connectivity index (χ2v) is 6.34. The van der Waals surface area contributed by atoms with Crippen LogP contribution in [0.1, 0.15) is 32.9 Å². The number of nitrogens with zero attached hydrogens (tertiary/aromatic N) is 4. The van der Waals surface area contributed by atoms with Gasteiger partial charge in [-0.2, -0.15) is 0 Å². The first kappa shape index (κ1) is 13.5. The third kappa shape index (κ3) is 3.53. The lowest BCUT2D eigenvalue weighted by atomic mass is 9.86. The molecule has 1 aromatic rings. The van der Waals surface area contributed by atoms with E-state index in [0.717, 1.165) is 31.9 Å². The fraction of sp³-hybridized carbons (Fsp3) is 0.846. The Hall–Kier alpha value is -0.940. The summed E-state index contributed by atoms with van der Waals surface area (Å²) < 4.78 is 1.77. The third-order valence-electron chi connectivity index (χ3n) is 3.56. The number of aryl methyl sites for hydroxylation is 1. The summed E-state index contributed by atoms with van der Waals surface area (Å²) in [5, 5.41) is 11.8. The molecule has 1 aliphatic heterocycles. The largest absolute Gasteiger partial charge is 0.312 e. The molecule has 1 atom stereocenters. The maximum absolute atomic E-state index is 4.18. The number of aromatic nitrogens is 3. The topological polar surface area (TPSA) is 46.0 Å². The summed E-state index contributed by atoms with van der Waals surface area (Å²) in [5.41, 5.74) is 1.36. The molecule has 1 fully saturated rings. The van der Waals surface area contributed by atoms with Crippen molar-refractivity contribution in [3.63, 3.8) is 0 Å². The highest BCUT2D eigenvalue weighted by Gasteiger charge is 2.28. The van der Waals surface area contributed by atoms with Gasteiger partial charge in [0.1, 0.15) is 0 Å². The monoisotopic (exact) mass is 251 g/mol. The van der Waals surface area contributed by atoms with Gasteiger partial charge in [0.05, 0.1) is 5.69 Å². The van der Waals surface area contributed by atoms with Crippen LogP contribution in [-0.2, 0) is 13.6 Å². The number of hydrogen-bond donors (Lipinski definition) is 1. The van der Waals surface area contributed by atoms with Crippen LogP contribution < -0.4 is 5.32 Å². The maximum atomic E-state index is 4.18. The van der Waals surface area contributed by atoms with Crippen LogP contribution in [0.2, 0.25) is 0 Å². The molecule has 0 radical (unpaired) electrons. The predicted molar refractivity (Wildman–Crippen MR) is 72.1 cm³/mol. The molecule has 1 unspecified atom stereocenters. The average molecular weight is 251 g/mol. The van der Waals surface area contributed by atoms with E-state index in [9.17, 15) is 0 Å². The van der Waals surface area contributed by atoms with E-state index in [2.05, 4.69) is 41.3 Å². The second-order valence-electron chi connectivity index (χ2n) is 6.34. The van der Waals surface area contributed by atoms with E-state index in [1.165, 1.54) is 6.42 Å². The molecule has 1 aromatic heterocycles. The van der Waals surface area contributed by atoms with E-state index in [0.29, 0.717) is 11.5 Å². The van der Waals surface area contributed by atoms with Gasteiger partial charge in [-0.15, -0.1) is 5.10 Å². The third-order valence-corrected chi connectivity index (χ3v) is 3.56. The van der Waals surface area contributed by atoms with Crippen molar-refractivity contribution in [2.75, 3.05) is 19.6 Å². The van der Waals surface area contributed by atoms with Crippen LogP contribution in [0.15, 0.2) is 6.20 Å². The highest BCUT2D eigenvalue weighted by Crippen LogP contribution is 2.22. The minimum Gasteiger partial charge on any atom is -0.312 e. The van der Waals surface area contributed by atoms with Crippen molar-refractivity contribution in [2.24, 2.45) is 12.5 Å². The molecule has 0 aliphatic carbocycles. The van der Waals surface area contributed by atoms with Gasteiger partial charge in [0, 0.05) is 32.4 Å². The number of rotatable bonds is 2. The minimum absolute atomic E-state index is 0.297. The quantitative estimate of drug-likeness (QED) is 0.852. The second kappa shape index (κ2) is 5.36. The summed E-state index contributed by atoms with van der Waals surface area (Å²) in [4.78, 5) is 2.49. The normalized spacial score (nSPS) is 23.0. The Kier molecular flexibility index (Phi) is 4.02. The summed E-state index contributed by atoms with van der Waals surface area (Å²) in [6.07, 6.45) is 3.21. The van der Waals surface area contributed by atoms with E-state index < -0.39 is 0 Å². The molecule has 0 bridgehead atoms. The molecule has 102 valence electrons. The molecule has 18 heavy (non-hydrogen) atoms. The smallest absolute Gasteiger partial charge is 0.0967 e. The van der Waals surface area contributed by atoms with Crippen LogP contribution in [0.4, 0.5) is 0 Å². The standard InChI is InChI=1S/C13H25N5/c1-13(2,3)12-10-18(7-5-6-14-12)9-11-8-17(4)16-15-11/h8,12,14H,5-7,9-10H2,1-4H3. The van der Waals surface area contributed by atoms with E-state index in [-0.39, 0.29) is 0 Å². The van der Waals surface area contributed by atoms with Crippen molar-refractivity contribution in [3.8, 4) is 0 Å². The average Bonchev–Trinajstić information content (AvgIpc) is 2.53. The predicted octanol–water partition coefficient (Wildman–Crippen LogP) is 1.03. The molecule has 0 amide bonds. The molecule has 2 heterocycles. The Morgan fingerprint density at radius 2 is 2.22 bits per heavy atom. The minimum atomic E-state index is 0.297. The van der Waals surface area contributed by atoms with Crippen molar-refractivity contribution >= 4 is 0 Å². The lowest BCUT2D eigenvalue weighted by molar-refractivity contribution is 0.191. The zero-order chi connectivity index (χ0) is 13.2. The van der Waals surface area contributed by atoms with Gasteiger partial charge in [-0.05, 0) is 24.9 Å². The van der Waals surface area contributed by atoms with Crippen molar-refractivity contribution in [3.05, 3.63) is 11.9 Å². The molecule has 1 aliphatic rings. The Balaban J connectivity index is 1.99. The summed E-state index contributed by atoms with van der Waals surface area (Å²) in [6, 6.07) is 0.539. The van der Waals surface area contributed by atoms with Gasteiger partial charge in [-0.3, -0.25) is 9.58 Å². The van der Waals surface area contributed by atoms with E-state index in [1.807, 2.05) is 13.2 Å². The molecular weight excluding hydrogens is 226 g/mol. The molecule has 0 aromatic carbocycles. The lowest BCUT2D eigenvalue weighted by Crippen LogP contribution is -2.46. The molecule has 1 saturated heterocycles. The molecule has 1 N–H and O–H groups in total. The van der Waals surface area contributed by atoms with E-state index >= 15 is 0 Å². The Labute approximate surface area is 110 Å². The zero-order valence-corrected chi connectivity index (χ0v) is 12.0. The first-order valence-electron chi connectivity index (χ1n) is 6.76. The van der Waals surface area contributed by atoms with Crippen LogP contribution >= 0.6 is 0 Å². The van der Waals surface area contributed by atoms with Crippen LogP contribution in [0.5, 0.6) is 0 Å². The Morgan fingerprint density at radius 3 is 2.83 bits per heavy atom. The first-order chi connectivity index (χ1) is 8.45. The van der Waals surface area contributed by atoms with Crippen molar-refractivity contribution in [1.29, 1.82) is 0 Å². The lowest BCUT2D eigenvalue weighted by Gasteiger charge is -2.33.